The van der Waals surface area contributed by atoms with Crippen molar-refractivity contribution in [1.29, 1.82) is 0 Å². The summed E-state index contributed by atoms with van der Waals surface area (Å²) in [5.74, 6) is -0.748. The summed E-state index contributed by atoms with van der Waals surface area (Å²) in [6.07, 6.45) is 0.349. The Hall–Kier alpha value is -4.22. The van der Waals surface area contributed by atoms with E-state index in [0.717, 1.165) is 33.4 Å². The van der Waals surface area contributed by atoms with E-state index in [9.17, 15) is 9.59 Å². The van der Waals surface area contributed by atoms with Crippen LogP contribution in [-0.2, 0) is 26.3 Å². The molecule has 5 nitrogen and oxygen atoms in total. The topological polar surface area (TPSA) is 67.4 Å². The summed E-state index contributed by atoms with van der Waals surface area (Å²) in [6, 6.07) is 35.0. The van der Waals surface area contributed by atoms with Crippen LogP contribution in [0, 0.1) is 0 Å². The summed E-state index contributed by atoms with van der Waals surface area (Å²) >= 11 is 0. The average Bonchev–Trinajstić information content (AvgIpc) is 3.24. The quantitative estimate of drug-likeness (QED) is 0.347. The second-order valence-corrected chi connectivity index (χ2v) is 9.35. The van der Waals surface area contributed by atoms with Crippen LogP contribution >= 0.6 is 0 Å². The number of hydrogen-bond acceptors (Lipinski definition) is 4. The van der Waals surface area contributed by atoms with E-state index in [-0.39, 0.29) is 5.91 Å². The highest BCUT2D eigenvalue weighted by Gasteiger charge is 2.46. The molecule has 5 rings (SSSR count). The van der Waals surface area contributed by atoms with Crippen LogP contribution < -0.4 is 10.6 Å². The van der Waals surface area contributed by atoms with E-state index < -0.39 is 23.6 Å². The Morgan fingerprint density at radius 1 is 0.757 bits per heavy atom. The van der Waals surface area contributed by atoms with Gasteiger partial charge in [-0.2, -0.15) is 0 Å². The molecular formula is C32H30N2O3. The van der Waals surface area contributed by atoms with Gasteiger partial charge in [-0.1, -0.05) is 109 Å². The normalized spacial score (nSPS) is 14.6. The van der Waals surface area contributed by atoms with Crippen molar-refractivity contribution < 1.29 is 14.3 Å². The molecule has 1 aliphatic carbocycles. The summed E-state index contributed by atoms with van der Waals surface area (Å²) in [4.78, 5) is 26.1. The molecule has 0 bridgehead atoms. The third-order valence-corrected chi connectivity index (χ3v) is 7.07. The Morgan fingerprint density at radius 2 is 1.27 bits per heavy atom. The van der Waals surface area contributed by atoms with Gasteiger partial charge in [-0.05, 0) is 40.3 Å². The van der Waals surface area contributed by atoms with E-state index in [4.69, 9.17) is 4.74 Å². The molecule has 4 aromatic carbocycles. The van der Waals surface area contributed by atoms with Crippen molar-refractivity contribution in [1.82, 2.24) is 10.6 Å². The second kappa shape index (κ2) is 10.4. The van der Waals surface area contributed by atoms with E-state index >= 15 is 0 Å². The standard InChI is InChI=1S/C32H30N2O3/c1-22(30(35)33-29(31(36)37-2)21-23-13-5-3-6-14-23)34-32(24-15-7-4-8-16-24)27-19-11-9-17-25(27)26-18-10-12-20-28(26)32/h3-20,22,29,34H,21H2,1-2H3,(H,33,35)/t22-,29+/m1/s1. The van der Waals surface area contributed by atoms with Crippen LogP contribution in [0.5, 0.6) is 0 Å². The number of fused-ring (bicyclic) bond motifs is 3. The number of hydrogen-bond donors (Lipinski definition) is 2. The highest BCUT2D eigenvalue weighted by Crippen LogP contribution is 2.50. The van der Waals surface area contributed by atoms with Crippen molar-refractivity contribution in [3.63, 3.8) is 0 Å². The Kier molecular flexibility index (Phi) is 6.89. The molecule has 1 amide bonds. The highest BCUT2D eigenvalue weighted by atomic mass is 16.5. The minimum Gasteiger partial charge on any atom is -0.467 e. The molecule has 0 saturated heterocycles. The summed E-state index contributed by atoms with van der Waals surface area (Å²) in [5.41, 5.74) is 5.72. The van der Waals surface area contributed by atoms with E-state index in [0.29, 0.717) is 6.42 Å². The minimum absolute atomic E-state index is 0.275. The van der Waals surface area contributed by atoms with Crippen LogP contribution in [-0.4, -0.2) is 31.1 Å². The zero-order chi connectivity index (χ0) is 25.8. The van der Waals surface area contributed by atoms with Crippen LogP contribution in [0.2, 0.25) is 0 Å². The second-order valence-electron chi connectivity index (χ2n) is 9.35. The third kappa shape index (κ3) is 4.54. The maximum absolute atomic E-state index is 13.6. The Balaban J connectivity index is 1.50. The number of nitrogens with one attached hydrogen (secondary N) is 2. The maximum atomic E-state index is 13.6. The number of amides is 1. The van der Waals surface area contributed by atoms with Gasteiger partial charge in [0.2, 0.25) is 5.91 Å². The van der Waals surface area contributed by atoms with E-state index in [1.807, 2.05) is 79.7 Å². The van der Waals surface area contributed by atoms with Gasteiger partial charge in [0.05, 0.1) is 18.7 Å². The first-order valence-electron chi connectivity index (χ1n) is 12.5. The summed E-state index contributed by atoms with van der Waals surface area (Å²) in [6.45, 7) is 1.83. The maximum Gasteiger partial charge on any atom is 0.328 e. The number of ether oxygens (including phenoxy) is 1. The smallest absolute Gasteiger partial charge is 0.328 e. The molecular weight excluding hydrogens is 460 g/mol. The molecule has 186 valence electrons. The minimum atomic E-state index is -0.792. The third-order valence-electron chi connectivity index (χ3n) is 7.07. The average molecular weight is 491 g/mol. The first kappa shape index (κ1) is 24.5. The van der Waals surface area contributed by atoms with Gasteiger partial charge in [0, 0.05) is 6.42 Å². The molecule has 2 atom stereocenters. The molecule has 0 aromatic heterocycles. The number of rotatable bonds is 8. The molecule has 0 unspecified atom stereocenters. The molecule has 0 saturated carbocycles. The zero-order valence-electron chi connectivity index (χ0n) is 21.0. The van der Waals surface area contributed by atoms with Gasteiger partial charge in [-0.3, -0.25) is 10.1 Å². The largest absolute Gasteiger partial charge is 0.467 e. The molecule has 0 spiro atoms. The van der Waals surface area contributed by atoms with E-state index in [2.05, 4.69) is 47.0 Å². The fraction of sp³-hybridized carbons (Fsp3) is 0.188. The van der Waals surface area contributed by atoms with E-state index in [1.165, 1.54) is 7.11 Å². The molecule has 5 heteroatoms. The van der Waals surface area contributed by atoms with Gasteiger partial charge < -0.3 is 10.1 Å². The van der Waals surface area contributed by atoms with Crippen molar-refractivity contribution in [3.05, 3.63) is 131 Å². The lowest BCUT2D eigenvalue weighted by molar-refractivity contribution is -0.145. The van der Waals surface area contributed by atoms with Crippen molar-refractivity contribution in [2.75, 3.05) is 7.11 Å². The molecule has 0 heterocycles. The van der Waals surface area contributed by atoms with Gasteiger partial charge in [0.1, 0.15) is 6.04 Å². The lowest BCUT2D eigenvalue weighted by Crippen LogP contribution is -2.55. The molecule has 0 radical (unpaired) electrons. The highest BCUT2D eigenvalue weighted by molar-refractivity contribution is 5.89. The van der Waals surface area contributed by atoms with Gasteiger partial charge in [-0.25, -0.2) is 4.79 Å². The van der Waals surface area contributed by atoms with Crippen LogP contribution in [0.15, 0.2) is 109 Å². The van der Waals surface area contributed by atoms with Crippen LogP contribution in [0.1, 0.15) is 29.2 Å². The Morgan fingerprint density at radius 3 is 1.84 bits per heavy atom. The van der Waals surface area contributed by atoms with Crippen molar-refractivity contribution >= 4 is 11.9 Å². The lowest BCUT2D eigenvalue weighted by Gasteiger charge is -2.36. The zero-order valence-corrected chi connectivity index (χ0v) is 21.0. The fourth-order valence-corrected chi connectivity index (χ4v) is 5.35. The fourth-order valence-electron chi connectivity index (χ4n) is 5.35. The van der Waals surface area contributed by atoms with Gasteiger partial charge in [0.15, 0.2) is 0 Å². The summed E-state index contributed by atoms with van der Waals surface area (Å²) < 4.78 is 5.01. The number of carbonyl (C=O) groups is 2. The van der Waals surface area contributed by atoms with Crippen molar-refractivity contribution in [2.45, 2.75) is 31.0 Å². The molecule has 2 N–H and O–H groups in total. The first-order valence-corrected chi connectivity index (χ1v) is 12.5. The van der Waals surface area contributed by atoms with Gasteiger partial charge in [0.25, 0.3) is 0 Å². The van der Waals surface area contributed by atoms with Crippen LogP contribution in [0.25, 0.3) is 11.1 Å². The Labute approximate surface area is 217 Å². The lowest BCUT2D eigenvalue weighted by atomic mass is 9.80. The molecule has 0 fully saturated rings. The predicted octanol–water partition coefficient (Wildman–Crippen LogP) is 4.84. The van der Waals surface area contributed by atoms with Gasteiger partial charge in [-0.15, -0.1) is 0 Å². The van der Waals surface area contributed by atoms with Gasteiger partial charge >= 0.3 is 5.97 Å². The van der Waals surface area contributed by atoms with Crippen molar-refractivity contribution in [2.24, 2.45) is 0 Å². The molecule has 0 aliphatic heterocycles. The molecule has 1 aliphatic rings. The van der Waals surface area contributed by atoms with Crippen LogP contribution in [0.4, 0.5) is 0 Å². The number of benzene rings is 4. The Bertz CT molecular complexity index is 1360. The van der Waals surface area contributed by atoms with E-state index in [1.54, 1.807) is 0 Å². The number of carbonyl (C=O) groups excluding carboxylic acids is 2. The predicted molar refractivity (Wildman–Crippen MR) is 145 cm³/mol. The number of esters is 1. The molecule has 37 heavy (non-hydrogen) atoms. The summed E-state index contributed by atoms with van der Waals surface area (Å²) in [5, 5.41) is 6.61. The SMILES string of the molecule is COC(=O)[C@H](Cc1ccccc1)NC(=O)[C@@H](C)NC1(c2ccccc2)c2ccccc2-c2ccccc21. The molecule has 4 aromatic rings. The number of methoxy groups -OCH3 is 1. The first-order chi connectivity index (χ1) is 18.0. The van der Waals surface area contributed by atoms with Crippen molar-refractivity contribution in [3.8, 4) is 11.1 Å². The summed E-state index contributed by atoms with van der Waals surface area (Å²) in [7, 11) is 1.34. The monoisotopic (exact) mass is 490 g/mol. The van der Waals surface area contributed by atoms with Crippen LogP contribution in [0.3, 0.4) is 0 Å².